The van der Waals surface area contributed by atoms with Crippen molar-refractivity contribution >= 4 is 49.8 Å². The van der Waals surface area contributed by atoms with Crippen LogP contribution in [0.5, 0.6) is 0 Å². The molecule has 0 bridgehead atoms. The molecule has 1 aromatic heterocycles. The fraction of sp³-hybridized carbons (Fsp3) is 0.0545. The minimum atomic E-state index is -0.109. The zero-order chi connectivity index (χ0) is 38.1. The summed E-state index contributed by atoms with van der Waals surface area (Å²) in [5.41, 5.74) is 17.3. The second-order valence-electron chi connectivity index (χ2n) is 15.7. The number of hydrogen-bond acceptors (Lipinski definition) is 2. The summed E-state index contributed by atoms with van der Waals surface area (Å²) < 4.78 is 6.99. The number of fused-ring (bicyclic) bond motifs is 8. The van der Waals surface area contributed by atoms with Crippen molar-refractivity contribution < 1.29 is 4.42 Å². The van der Waals surface area contributed by atoms with Gasteiger partial charge in [-0.15, -0.1) is 0 Å². The molecule has 0 spiro atoms. The van der Waals surface area contributed by atoms with Gasteiger partial charge in [-0.25, -0.2) is 0 Å². The molecule has 0 radical (unpaired) electrons. The van der Waals surface area contributed by atoms with Gasteiger partial charge < -0.3 is 9.32 Å². The van der Waals surface area contributed by atoms with Gasteiger partial charge >= 0.3 is 0 Å². The first-order chi connectivity index (χ1) is 28.0. The molecule has 270 valence electrons. The summed E-state index contributed by atoms with van der Waals surface area (Å²) in [6, 6.07) is 72.5. The minimum absolute atomic E-state index is 0.109. The first-order valence-electron chi connectivity index (χ1n) is 19.8. The maximum atomic E-state index is 6.99. The van der Waals surface area contributed by atoms with E-state index in [-0.39, 0.29) is 5.41 Å². The van der Waals surface area contributed by atoms with Crippen molar-refractivity contribution in [2.45, 2.75) is 19.3 Å². The number of para-hydroxylation sites is 1. The van der Waals surface area contributed by atoms with E-state index in [1.54, 1.807) is 0 Å². The van der Waals surface area contributed by atoms with Crippen molar-refractivity contribution in [3.63, 3.8) is 0 Å². The van der Waals surface area contributed by atoms with Crippen molar-refractivity contribution in [1.82, 2.24) is 0 Å². The van der Waals surface area contributed by atoms with Crippen LogP contribution in [0.15, 0.2) is 205 Å². The van der Waals surface area contributed by atoms with Crippen molar-refractivity contribution in [3.8, 4) is 44.5 Å². The molecule has 9 aromatic carbocycles. The third-order valence-electron chi connectivity index (χ3n) is 12.0. The van der Waals surface area contributed by atoms with Crippen molar-refractivity contribution in [2.24, 2.45) is 0 Å². The molecule has 0 fully saturated rings. The van der Waals surface area contributed by atoms with Gasteiger partial charge in [0, 0.05) is 38.8 Å². The van der Waals surface area contributed by atoms with E-state index in [2.05, 4.69) is 219 Å². The molecule has 57 heavy (non-hydrogen) atoms. The molecule has 0 unspecified atom stereocenters. The van der Waals surface area contributed by atoms with Gasteiger partial charge in [-0.2, -0.15) is 0 Å². The molecule has 11 rings (SSSR count). The second-order valence-corrected chi connectivity index (χ2v) is 15.7. The molecule has 0 saturated carbocycles. The number of rotatable bonds is 6. The van der Waals surface area contributed by atoms with Gasteiger partial charge in [0.05, 0.1) is 0 Å². The maximum absolute atomic E-state index is 6.99. The Morgan fingerprint density at radius 2 is 0.965 bits per heavy atom. The van der Waals surface area contributed by atoms with Crippen LogP contribution in [0, 0.1) is 0 Å². The van der Waals surface area contributed by atoms with Crippen LogP contribution in [0.1, 0.15) is 25.0 Å². The number of benzene rings is 9. The molecule has 2 heteroatoms. The molecule has 2 nitrogen and oxygen atoms in total. The van der Waals surface area contributed by atoms with Crippen LogP contribution in [0.2, 0.25) is 0 Å². The first kappa shape index (κ1) is 33.2. The van der Waals surface area contributed by atoms with Gasteiger partial charge in [0.2, 0.25) is 0 Å². The van der Waals surface area contributed by atoms with E-state index in [4.69, 9.17) is 4.42 Å². The second kappa shape index (κ2) is 13.0. The third kappa shape index (κ3) is 5.40. The van der Waals surface area contributed by atoms with Gasteiger partial charge in [-0.05, 0) is 128 Å². The van der Waals surface area contributed by atoms with E-state index in [9.17, 15) is 0 Å². The van der Waals surface area contributed by atoms with Gasteiger partial charge in [0.1, 0.15) is 11.2 Å². The Balaban J connectivity index is 1.13. The van der Waals surface area contributed by atoms with Crippen molar-refractivity contribution in [2.75, 3.05) is 4.90 Å². The van der Waals surface area contributed by atoms with Crippen molar-refractivity contribution in [1.29, 1.82) is 0 Å². The van der Waals surface area contributed by atoms with Crippen molar-refractivity contribution in [3.05, 3.63) is 211 Å². The fourth-order valence-electron chi connectivity index (χ4n) is 9.20. The van der Waals surface area contributed by atoms with Crippen LogP contribution in [-0.4, -0.2) is 0 Å². The Kier molecular flexibility index (Phi) is 7.55. The molecule has 1 aliphatic rings. The lowest BCUT2D eigenvalue weighted by atomic mass is 9.82. The molecule has 0 saturated heterocycles. The van der Waals surface area contributed by atoms with E-state index >= 15 is 0 Å². The van der Waals surface area contributed by atoms with Gasteiger partial charge in [-0.1, -0.05) is 147 Å². The smallest absolute Gasteiger partial charge is 0.143 e. The average molecular weight is 730 g/mol. The highest BCUT2D eigenvalue weighted by Crippen LogP contribution is 2.51. The number of hydrogen-bond donors (Lipinski definition) is 0. The Morgan fingerprint density at radius 3 is 1.70 bits per heavy atom. The minimum Gasteiger partial charge on any atom is -0.455 e. The zero-order valence-corrected chi connectivity index (χ0v) is 31.9. The first-order valence-corrected chi connectivity index (χ1v) is 19.8. The number of furan rings is 1. The molecule has 10 aromatic rings. The fourth-order valence-corrected chi connectivity index (χ4v) is 9.20. The Labute approximate surface area is 332 Å². The van der Waals surface area contributed by atoms with Crippen LogP contribution < -0.4 is 4.90 Å². The van der Waals surface area contributed by atoms with E-state index in [1.165, 1.54) is 55.3 Å². The number of anilines is 3. The molecule has 1 heterocycles. The van der Waals surface area contributed by atoms with E-state index in [0.29, 0.717) is 0 Å². The highest BCUT2D eigenvalue weighted by Gasteiger charge is 2.35. The summed E-state index contributed by atoms with van der Waals surface area (Å²) in [6.45, 7) is 4.69. The molecular weight excluding hydrogens is 691 g/mol. The monoisotopic (exact) mass is 729 g/mol. The topological polar surface area (TPSA) is 16.4 Å². The van der Waals surface area contributed by atoms with Crippen LogP contribution in [0.3, 0.4) is 0 Å². The third-order valence-corrected chi connectivity index (χ3v) is 12.0. The van der Waals surface area contributed by atoms with Crippen LogP contribution in [0.25, 0.3) is 77.2 Å². The largest absolute Gasteiger partial charge is 0.455 e. The molecule has 1 aliphatic carbocycles. The summed E-state index contributed by atoms with van der Waals surface area (Å²) in [7, 11) is 0. The summed E-state index contributed by atoms with van der Waals surface area (Å²) in [5, 5.41) is 4.58. The predicted octanol–water partition coefficient (Wildman–Crippen LogP) is 15.5. The molecular formula is C55H39NO. The van der Waals surface area contributed by atoms with Crippen LogP contribution in [-0.2, 0) is 5.41 Å². The molecule has 0 N–H and O–H groups in total. The Hall–Kier alpha value is -7.16. The summed E-state index contributed by atoms with van der Waals surface area (Å²) in [6.07, 6.45) is 0. The SMILES string of the molecule is CC1(C)c2ccccc2-c2ccc(N(c3ccccc3)c3ccc4oc5c(-c6cc(-c7ccccc7)cc(-c7ccccc7)c6)cc6ccccc6c5c4c3)cc21. The summed E-state index contributed by atoms with van der Waals surface area (Å²) >= 11 is 0. The summed E-state index contributed by atoms with van der Waals surface area (Å²) in [5.74, 6) is 0. The predicted molar refractivity (Wildman–Crippen MR) is 240 cm³/mol. The quantitative estimate of drug-likeness (QED) is 0.169. The van der Waals surface area contributed by atoms with Crippen LogP contribution >= 0.6 is 0 Å². The molecule has 0 amide bonds. The van der Waals surface area contributed by atoms with E-state index in [1.807, 2.05) is 0 Å². The van der Waals surface area contributed by atoms with E-state index in [0.717, 1.165) is 50.1 Å². The lowest BCUT2D eigenvalue weighted by Crippen LogP contribution is -2.16. The molecule has 0 atom stereocenters. The van der Waals surface area contributed by atoms with Gasteiger partial charge in [0.15, 0.2) is 0 Å². The van der Waals surface area contributed by atoms with E-state index < -0.39 is 0 Å². The normalized spacial score (nSPS) is 12.9. The average Bonchev–Trinajstić information content (AvgIpc) is 3.76. The Bertz CT molecular complexity index is 3080. The Morgan fingerprint density at radius 1 is 0.386 bits per heavy atom. The number of nitrogens with zero attached hydrogens (tertiary/aromatic N) is 1. The maximum Gasteiger partial charge on any atom is 0.143 e. The van der Waals surface area contributed by atoms with Gasteiger partial charge in [-0.3, -0.25) is 0 Å². The molecule has 0 aliphatic heterocycles. The zero-order valence-electron chi connectivity index (χ0n) is 31.9. The van der Waals surface area contributed by atoms with Crippen LogP contribution in [0.4, 0.5) is 17.1 Å². The summed E-state index contributed by atoms with van der Waals surface area (Å²) in [4.78, 5) is 2.39. The lowest BCUT2D eigenvalue weighted by Gasteiger charge is -2.28. The van der Waals surface area contributed by atoms with Gasteiger partial charge in [0.25, 0.3) is 0 Å². The highest BCUT2D eigenvalue weighted by atomic mass is 16.3. The highest BCUT2D eigenvalue weighted by molar-refractivity contribution is 6.23. The lowest BCUT2D eigenvalue weighted by molar-refractivity contribution is 0.660. The standard InChI is InChI=1S/C55H39NO/c1-55(2)50-25-15-14-24-46(50)47-28-26-44(35-51(47)55)56(42-21-10-5-11-22-42)43-27-29-52-49(34-43)53-45-23-13-12-20-38(45)33-48(54(53)57-52)41-31-39(36-16-6-3-7-17-36)30-40(32-41)37-18-8-4-9-19-37/h3-35H,1-2H3.